The monoisotopic (exact) mass is 324 g/mol. The van der Waals surface area contributed by atoms with E-state index >= 15 is 0 Å². The summed E-state index contributed by atoms with van der Waals surface area (Å²) in [5.74, 6) is -2.16. The maximum Gasteiger partial charge on any atom is 0.330 e. The summed E-state index contributed by atoms with van der Waals surface area (Å²) in [5, 5.41) is 4.21. The number of barbiturate groups is 1. The highest BCUT2D eigenvalue weighted by atomic mass is 16.2. The Hall–Kier alpha value is -1.93. The fraction of sp³-hybridized carbons (Fsp3) is 0.667. The van der Waals surface area contributed by atoms with E-state index in [-0.39, 0.29) is 0 Å². The highest BCUT2D eigenvalue weighted by Gasteiger charge is 2.42. The van der Waals surface area contributed by atoms with Crippen LogP contribution in [0, 0.1) is 5.92 Å². The number of likely N-dealkylation sites (N-methyl/N-ethyl adjacent to an activating group) is 1. The van der Waals surface area contributed by atoms with Crippen LogP contribution in [0.2, 0.25) is 0 Å². The Bertz CT molecular complexity index is 499. The Kier molecular flexibility index (Phi) is 5.73. The molecule has 0 saturated carbocycles. The van der Waals surface area contributed by atoms with Crippen molar-refractivity contribution >= 4 is 17.8 Å². The van der Waals surface area contributed by atoms with Crippen LogP contribution in [0.3, 0.4) is 0 Å². The van der Waals surface area contributed by atoms with E-state index in [1.807, 2.05) is 11.9 Å². The van der Waals surface area contributed by atoms with Crippen molar-refractivity contribution in [1.29, 1.82) is 0 Å². The first-order chi connectivity index (χ1) is 10.9. The normalized spacial score (nSPS) is 23.8. The first-order valence-corrected chi connectivity index (χ1v) is 8.12. The van der Waals surface area contributed by atoms with E-state index in [0.29, 0.717) is 18.7 Å². The Morgan fingerprint density at radius 2 is 2.00 bits per heavy atom. The number of quaternary nitrogens is 1. The third-order valence-electron chi connectivity index (χ3n) is 4.25. The topological polar surface area (TPSA) is 86.2 Å². The van der Waals surface area contributed by atoms with Crippen molar-refractivity contribution in [2.45, 2.75) is 19.8 Å². The molecule has 8 nitrogen and oxygen atoms in total. The number of amides is 4. The molecule has 1 atom stereocenters. The predicted octanol–water partition coefficient (Wildman–Crippen LogP) is -1.67. The van der Waals surface area contributed by atoms with E-state index in [2.05, 4.69) is 24.4 Å². The predicted molar refractivity (Wildman–Crippen MR) is 84.1 cm³/mol. The summed E-state index contributed by atoms with van der Waals surface area (Å²) in [5.41, 5.74) is 3.39. The first kappa shape index (κ1) is 17.4. The van der Waals surface area contributed by atoms with Gasteiger partial charge in [0.1, 0.15) is 0 Å². The number of nitrogens with zero attached hydrogens (tertiary/aromatic N) is 2. The number of urea groups is 1. The molecule has 0 aliphatic carbocycles. The maximum absolute atomic E-state index is 12.5. The van der Waals surface area contributed by atoms with Crippen LogP contribution in [0.5, 0.6) is 0 Å². The maximum atomic E-state index is 12.5. The van der Waals surface area contributed by atoms with Crippen LogP contribution in [0.25, 0.3) is 0 Å². The standard InChI is InChI=1S/C15H25N5O3/c1-4-5-6-20-14(22)12(13(21)16-15(20)23)11(2)17-19-9-7-18(3)8-10-19/h12,17H,2,4-10H2,1,3H3,(H,16,21,23)/p+1/t12-/m1/s1. The second-order valence-corrected chi connectivity index (χ2v) is 6.15. The molecular weight excluding hydrogens is 298 g/mol. The molecule has 2 aliphatic rings. The van der Waals surface area contributed by atoms with E-state index in [0.717, 1.165) is 37.5 Å². The molecule has 4 amide bonds. The first-order valence-electron chi connectivity index (χ1n) is 8.12. The number of hydrazine groups is 1. The lowest BCUT2D eigenvalue weighted by molar-refractivity contribution is -0.884. The largest absolute Gasteiger partial charge is 0.335 e. The van der Waals surface area contributed by atoms with E-state index in [9.17, 15) is 14.4 Å². The number of unbranched alkanes of at least 4 members (excludes halogenated alkanes) is 1. The van der Waals surface area contributed by atoms with Crippen molar-refractivity contribution in [2.75, 3.05) is 39.8 Å². The Morgan fingerprint density at radius 1 is 1.35 bits per heavy atom. The molecule has 0 radical (unpaired) electrons. The van der Waals surface area contributed by atoms with Crippen molar-refractivity contribution in [1.82, 2.24) is 20.7 Å². The Labute approximate surface area is 136 Å². The van der Waals surface area contributed by atoms with Gasteiger partial charge in [0.05, 0.1) is 33.2 Å². The molecule has 8 heteroatoms. The molecule has 0 aromatic rings. The molecule has 0 unspecified atom stereocenters. The molecule has 0 aromatic heterocycles. The number of rotatable bonds is 6. The smallest absolute Gasteiger partial charge is 0.330 e. The summed E-state index contributed by atoms with van der Waals surface area (Å²) in [6, 6.07) is -0.638. The van der Waals surface area contributed by atoms with Crippen molar-refractivity contribution in [3.8, 4) is 0 Å². The fourth-order valence-corrected chi connectivity index (χ4v) is 2.72. The van der Waals surface area contributed by atoms with E-state index in [4.69, 9.17) is 0 Å². The van der Waals surface area contributed by atoms with Gasteiger partial charge >= 0.3 is 6.03 Å². The highest BCUT2D eigenvalue weighted by molar-refractivity contribution is 6.17. The molecule has 3 N–H and O–H groups in total. The Balaban J connectivity index is 2.01. The van der Waals surface area contributed by atoms with Crippen LogP contribution in [-0.4, -0.2) is 67.5 Å². The molecule has 2 heterocycles. The second-order valence-electron chi connectivity index (χ2n) is 6.15. The number of piperazine rings is 1. The van der Waals surface area contributed by atoms with Gasteiger partial charge in [0.15, 0.2) is 5.92 Å². The fourth-order valence-electron chi connectivity index (χ4n) is 2.72. The molecule has 0 spiro atoms. The molecule has 0 aromatic carbocycles. The lowest BCUT2D eigenvalue weighted by Crippen LogP contribution is -3.12. The van der Waals surface area contributed by atoms with Crippen LogP contribution >= 0.6 is 0 Å². The molecule has 23 heavy (non-hydrogen) atoms. The number of nitrogens with one attached hydrogen (secondary N) is 3. The SMILES string of the molecule is C=C(NN1CC[NH+](C)CC1)[C@@H]1C(=O)NC(=O)N(CCCC)C1=O. The third-order valence-corrected chi connectivity index (χ3v) is 4.25. The van der Waals surface area contributed by atoms with Gasteiger partial charge in [0.25, 0.3) is 0 Å². The van der Waals surface area contributed by atoms with E-state index in [1.54, 1.807) is 0 Å². The van der Waals surface area contributed by atoms with Gasteiger partial charge in [-0.2, -0.15) is 0 Å². The van der Waals surface area contributed by atoms with Crippen molar-refractivity contribution < 1.29 is 19.3 Å². The lowest BCUT2D eigenvalue weighted by atomic mass is 10.0. The number of hydrogen-bond acceptors (Lipinski definition) is 5. The second kappa shape index (κ2) is 7.56. The van der Waals surface area contributed by atoms with Gasteiger partial charge in [0, 0.05) is 12.2 Å². The van der Waals surface area contributed by atoms with Crippen LogP contribution in [0.15, 0.2) is 12.3 Å². The molecule has 128 valence electrons. The van der Waals surface area contributed by atoms with Crippen LogP contribution in [0.1, 0.15) is 19.8 Å². The minimum absolute atomic E-state index is 0.316. The average Bonchev–Trinajstić information content (AvgIpc) is 2.49. The van der Waals surface area contributed by atoms with Crippen molar-refractivity contribution in [2.24, 2.45) is 5.92 Å². The molecule has 2 fully saturated rings. The zero-order chi connectivity index (χ0) is 17.0. The minimum atomic E-state index is -1.06. The quantitative estimate of drug-likeness (QED) is 0.509. The van der Waals surface area contributed by atoms with Gasteiger partial charge in [-0.15, -0.1) is 0 Å². The van der Waals surface area contributed by atoms with Gasteiger partial charge in [0.2, 0.25) is 11.8 Å². The summed E-state index contributed by atoms with van der Waals surface area (Å²) < 4.78 is 0. The minimum Gasteiger partial charge on any atom is -0.335 e. The van der Waals surface area contributed by atoms with Crippen LogP contribution in [0.4, 0.5) is 4.79 Å². The van der Waals surface area contributed by atoms with E-state index in [1.165, 1.54) is 4.90 Å². The summed E-state index contributed by atoms with van der Waals surface area (Å²) >= 11 is 0. The number of imide groups is 2. The molecule has 0 bridgehead atoms. The zero-order valence-electron chi connectivity index (χ0n) is 13.9. The number of carbonyl (C=O) groups is 3. The third kappa shape index (κ3) is 4.08. The Morgan fingerprint density at radius 3 is 2.61 bits per heavy atom. The van der Waals surface area contributed by atoms with Crippen molar-refractivity contribution in [3.63, 3.8) is 0 Å². The summed E-state index contributed by atoms with van der Waals surface area (Å²) in [6.07, 6.45) is 1.57. The number of hydrogen-bond donors (Lipinski definition) is 3. The lowest BCUT2D eigenvalue weighted by Gasteiger charge is -2.35. The molecule has 2 rings (SSSR count). The van der Waals surface area contributed by atoms with Crippen LogP contribution in [-0.2, 0) is 9.59 Å². The van der Waals surface area contributed by atoms with Crippen LogP contribution < -0.4 is 15.6 Å². The van der Waals surface area contributed by atoms with Gasteiger partial charge in [-0.05, 0) is 6.42 Å². The number of carbonyl (C=O) groups excluding carboxylic acids is 3. The summed E-state index contributed by atoms with van der Waals surface area (Å²) in [7, 11) is 2.13. The van der Waals surface area contributed by atoms with E-state index < -0.39 is 23.8 Å². The molecular formula is C15H26N5O3+. The van der Waals surface area contributed by atoms with Crippen molar-refractivity contribution in [3.05, 3.63) is 12.3 Å². The molecule has 2 saturated heterocycles. The summed E-state index contributed by atoms with van der Waals surface area (Å²) in [4.78, 5) is 38.9. The van der Waals surface area contributed by atoms with Gasteiger partial charge in [-0.3, -0.25) is 19.8 Å². The zero-order valence-corrected chi connectivity index (χ0v) is 13.9. The van der Waals surface area contributed by atoms with Gasteiger partial charge < -0.3 is 10.3 Å². The highest BCUT2D eigenvalue weighted by Crippen LogP contribution is 2.17. The average molecular weight is 324 g/mol. The van der Waals surface area contributed by atoms with Gasteiger partial charge in [-0.25, -0.2) is 9.80 Å². The summed E-state index contributed by atoms with van der Waals surface area (Å²) in [6.45, 7) is 9.72. The van der Waals surface area contributed by atoms with Gasteiger partial charge in [-0.1, -0.05) is 19.9 Å². The molecule has 2 aliphatic heterocycles.